The smallest absolute Gasteiger partial charge is 0.346 e. The Morgan fingerprint density at radius 2 is 1.66 bits per heavy atom. The van der Waals surface area contributed by atoms with E-state index in [9.17, 15) is 9.59 Å². The molecule has 0 saturated carbocycles. The van der Waals surface area contributed by atoms with Crippen LogP contribution in [0.5, 0.6) is 11.5 Å². The summed E-state index contributed by atoms with van der Waals surface area (Å²) in [4.78, 5) is 25.6. The van der Waals surface area contributed by atoms with Gasteiger partial charge in [0.25, 0.3) is 5.91 Å². The van der Waals surface area contributed by atoms with Crippen molar-refractivity contribution >= 4 is 18.2 Å². The summed E-state index contributed by atoms with van der Waals surface area (Å²) in [5.74, 6) is 0.799. The first kappa shape index (κ1) is 21.1. The number of hydrogen-bond donors (Lipinski definition) is 1. The van der Waals surface area contributed by atoms with E-state index < -0.39 is 17.5 Å². The van der Waals surface area contributed by atoms with Crippen LogP contribution in [0.25, 0.3) is 0 Å². The number of hydrogen-bond acceptors (Lipinski definition) is 5. The predicted molar refractivity (Wildman–Crippen MR) is 121 cm³/mol. The van der Waals surface area contributed by atoms with Crippen LogP contribution in [-0.2, 0) is 16.9 Å². The quantitative estimate of drug-likeness (QED) is 0.453. The first-order chi connectivity index (χ1) is 15.5. The van der Waals surface area contributed by atoms with E-state index in [2.05, 4.69) is 10.4 Å². The van der Waals surface area contributed by atoms with Crippen molar-refractivity contribution in [2.24, 2.45) is 5.10 Å². The molecule has 162 valence electrons. The lowest BCUT2D eigenvalue weighted by Crippen LogP contribution is -2.40. The summed E-state index contributed by atoms with van der Waals surface area (Å²) in [6.45, 7) is 2.05. The third-order valence-corrected chi connectivity index (χ3v) is 5.31. The molecule has 1 aliphatic rings. The molecule has 1 N–H and O–H groups in total. The van der Waals surface area contributed by atoms with Crippen LogP contribution in [0.3, 0.4) is 0 Å². The number of carbonyl (C=O) groups is 2. The van der Waals surface area contributed by atoms with Crippen molar-refractivity contribution in [3.05, 3.63) is 95.6 Å². The fourth-order valence-corrected chi connectivity index (χ4v) is 3.42. The van der Waals surface area contributed by atoms with Gasteiger partial charge in [-0.25, -0.2) is 4.79 Å². The molecule has 3 aromatic rings. The van der Waals surface area contributed by atoms with Gasteiger partial charge in [-0.1, -0.05) is 54.6 Å². The number of benzene rings is 3. The number of urea groups is 1. The van der Waals surface area contributed by atoms with Gasteiger partial charge in [-0.05, 0) is 42.3 Å². The maximum absolute atomic E-state index is 13.1. The van der Waals surface area contributed by atoms with E-state index in [1.165, 1.54) is 6.21 Å². The first-order valence-corrected chi connectivity index (χ1v) is 10.1. The molecular weight excluding hydrogens is 406 g/mol. The fourth-order valence-electron chi connectivity index (χ4n) is 3.42. The van der Waals surface area contributed by atoms with E-state index in [0.29, 0.717) is 29.2 Å². The zero-order chi connectivity index (χ0) is 22.6. The minimum absolute atomic E-state index is 0.393. The minimum atomic E-state index is -1.22. The SMILES string of the molecule is COc1ccc([C@]2(C)NC(=O)N(/N=C\c3ccccc3OCc3ccccc3)C2=O)cc1. The molecule has 7 nitrogen and oxygen atoms in total. The highest BCUT2D eigenvalue weighted by Gasteiger charge is 2.49. The Balaban J connectivity index is 1.52. The van der Waals surface area contributed by atoms with E-state index in [4.69, 9.17) is 9.47 Å². The van der Waals surface area contributed by atoms with Gasteiger partial charge < -0.3 is 14.8 Å². The number of nitrogens with one attached hydrogen (secondary N) is 1. The largest absolute Gasteiger partial charge is 0.497 e. The van der Waals surface area contributed by atoms with Gasteiger partial charge in [0.15, 0.2) is 0 Å². The third-order valence-electron chi connectivity index (χ3n) is 5.31. The molecule has 1 fully saturated rings. The van der Waals surface area contributed by atoms with Gasteiger partial charge in [-0.15, -0.1) is 5.01 Å². The van der Waals surface area contributed by atoms with Gasteiger partial charge in [-0.2, -0.15) is 5.10 Å². The molecular formula is C25H23N3O4. The number of ether oxygens (including phenoxy) is 2. The summed E-state index contributed by atoms with van der Waals surface area (Å²) in [7, 11) is 1.57. The van der Waals surface area contributed by atoms with Crippen molar-refractivity contribution < 1.29 is 19.1 Å². The number of nitrogens with zero attached hydrogens (tertiary/aromatic N) is 2. The zero-order valence-corrected chi connectivity index (χ0v) is 17.8. The second-order valence-corrected chi connectivity index (χ2v) is 7.46. The van der Waals surface area contributed by atoms with Gasteiger partial charge in [-0.3, -0.25) is 4.79 Å². The Morgan fingerprint density at radius 1 is 0.969 bits per heavy atom. The monoisotopic (exact) mass is 429 g/mol. The Morgan fingerprint density at radius 3 is 2.38 bits per heavy atom. The molecule has 1 aliphatic heterocycles. The van der Waals surface area contributed by atoms with Crippen LogP contribution in [-0.4, -0.2) is 30.3 Å². The lowest BCUT2D eigenvalue weighted by Gasteiger charge is -2.21. The van der Waals surface area contributed by atoms with Crippen molar-refractivity contribution in [2.45, 2.75) is 19.1 Å². The maximum Gasteiger partial charge on any atom is 0.346 e. The Kier molecular flexibility index (Phi) is 5.89. The summed E-state index contributed by atoms with van der Waals surface area (Å²) in [6, 6.07) is 23.5. The normalized spacial score (nSPS) is 18.1. The summed E-state index contributed by atoms with van der Waals surface area (Å²) in [6.07, 6.45) is 1.46. The van der Waals surface area contributed by atoms with Crippen LogP contribution in [0.1, 0.15) is 23.6 Å². The van der Waals surface area contributed by atoms with Crippen molar-refractivity contribution in [1.82, 2.24) is 10.3 Å². The molecule has 0 bridgehead atoms. The standard InChI is InChI=1S/C25H23N3O4/c1-25(20-12-14-21(31-2)15-13-20)23(29)28(24(30)27-25)26-16-19-10-6-7-11-22(19)32-17-18-8-4-3-5-9-18/h3-16H,17H2,1-2H3,(H,27,30)/b26-16-/t25-/m0/s1. The molecule has 7 heteroatoms. The molecule has 1 saturated heterocycles. The van der Waals surface area contributed by atoms with E-state index in [1.54, 1.807) is 38.3 Å². The number of rotatable bonds is 7. The van der Waals surface area contributed by atoms with Gasteiger partial charge >= 0.3 is 6.03 Å². The van der Waals surface area contributed by atoms with Gasteiger partial charge in [0.2, 0.25) is 0 Å². The summed E-state index contributed by atoms with van der Waals surface area (Å²) in [5, 5.41) is 7.75. The second kappa shape index (κ2) is 8.93. The van der Waals surface area contributed by atoms with Crippen molar-refractivity contribution in [3.8, 4) is 11.5 Å². The third kappa shape index (κ3) is 4.18. The molecule has 0 aromatic heterocycles. The van der Waals surface area contributed by atoms with E-state index >= 15 is 0 Å². The fraction of sp³-hybridized carbons (Fsp3) is 0.160. The number of amides is 3. The lowest BCUT2D eigenvalue weighted by molar-refractivity contribution is -0.131. The number of hydrazone groups is 1. The Hall–Kier alpha value is -4.13. The lowest BCUT2D eigenvalue weighted by atomic mass is 9.92. The average Bonchev–Trinajstić information content (AvgIpc) is 3.06. The maximum atomic E-state index is 13.1. The number of imide groups is 1. The molecule has 3 amide bonds. The second-order valence-electron chi connectivity index (χ2n) is 7.46. The molecule has 0 radical (unpaired) electrons. The summed E-state index contributed by atoms with van der Waals surface area (Å²) < 4.78 is 11.1. The highest BCUT2D eigenvalue weighted by Crippen LogP contribution is 2.30. The molecule has 3 aromatic carbocycles. The molecule has 0 spiro atoms. The molecule has 4 rings (SSSR count). The van der Waals surface area contributed by atoms with Crippen molar-refractivity contribution in [3.63, 3.8) is 0 Å². The number of para-hydroxylation sites is 1. The van der Waals surface area contributed by atoms with E-state index in [0.717, 1.165) is 10.6 Å². The topological polar surface area (TPSA) is 80.2 Å². The van der Waals surface area contributed by atoms with Crippen molar-refractivity contribution in [2.75, 3.05) is 7.11 Å². The molecule has 32 heavy (non-hydrogen) atoms. The van der Waals surface area contributed by atoms with Gasteiger partial charge in [0.1, 0.15) is 23.6 Å². The Bertz CT molecular complexity index is 1150. The van der Waals surface area contributed by atoms with Crippen LogP contribution in [0.15, 0.2) is 84.0 Å². The van der Waals surface area contributed by atoms with E-state index in [1.807, 2.05) is 54.6 Å². The minimum Gasteiger partial charge on any atom is -0.497 e. The molecule has 1 atom stereocenters. The highest BCUT2D eigenvalue weighted by atomic mass is 16.5. The molecule has 0 unspecified atom stereocenters. The summed E-state index contributed by atoms with van der Waals surface area (Å²) >= 11 is 0. The van der Waals surface area contributed by atoms with Crippen LogP contribution in [0.4, 0.5) is 4.79 Å². The number of carbonyl (C=O) groups excluding carboxylic acids is 2. The van der Waals surface area contributed by atoms with Crippen LogP contribution >= 0.6 is 0 Å². The highest BCUT2D eigenvalue weighted by molar-refractivity contribution is 6.07. The van der Waals surface area contributed by atoms with Crippen LogP contribution in [0.2, 0.25) is 0 Å². The van der Waals surface area contributed by atoms with Gasteiger partial charge in [0.05, 0.1) is 13.3 Å². The van der Waals surface area contributed by atoms with Crippen molar-refractivity contribution in [1.29, 1.82) is 0 Å². The van der Waals surface area contributed by atoms with Crippen LogP contribution in [0, 0.1) is 0 Å². The van der Waals surface area contributed by atoms with E-state index in [-0.39, 0.29) is 0 Å². The average molecular weight is 429 g/mol. The molecule has 0 aliphatic carbocycles. The first-order valence-electron chi connectivity index (χ1n) is 10.1. The predicted octanol–water partition coefficient (Wildman–Crippen LogP) is 4.08. The number of methoxy groups -OCH3 is 1. The van der Waals surface area contributed by atoms with Crippen LogP contribution < -0.4 is 14.8 Å². The molecule has 1 heterocycles. The summed E-state index contributed by atoms with van der Waals surface area (Å²) in [5.41, 5.74) is 1.11. The Labute approximate surface area is 186 Å². The van der Waals surface area contributed by atoms with Gasteiger partial charge in [0, 0.05) is 5.56 Å². The zero-order valence-electron chi connectivity index (χ0n) is 17.8.